The summed E-state index contributed by atoms with van der Waals surface area (Å²) in [5, 5.41) is 23.7. The lowest BCUT2D eigenvalue weighted by Crippen LogP contribution is -2.32. The minimum atomic E-state index is -1.12. The number of nitrogens with one attached hydrogen (secondary N) is 1. The van der Waals surface area contributed by atoms with E-state index < -0.39 is 23.6 Å². The second kappa shape index (κ2) is 3.20. The molecule has 3 N–H and O–H groups in total. The molecule has 2 rings (SSSR count). The number of carboxylic acid groups (broad SMARTS) is 2. The van der Waals surface area contributed by atoms with Gasteiger partial charge < -0.3 is 20.4 Å². The molecule has 7 nitrogen and oxygen atoms in total. The lowest BCUT2D eigenvalue weighted by molar-refractivity contribution is -0.139. The van der Waals surface area contributed by atoms with Gasteiger partial charge in [0, 0.05) is 19.4 Å². The smallest absolute Gasteiger partial charge is 0.353 e. The molecule has 82 valence electrons. The summed E-state index contributed by atoms with van der Waals surface area (Å²) in [6.07, 6.45) is 0.391. The van der Waals surface area contributed by atoms with Crippen LogP contribution in [0.25, 0.3) is 0 Å². The van der Waals surface area contributed by atoms with Crippen molar-refractivity contribution in [3.63, 3.8) is 0 Å². The van der Waals surface area contributed by atoms with E-state index in [1.54, 1.807) is 0 Å². The van der Waals surface area contributed by atoms with Crippen molar-refractivity contribution in [2.75, 3.05) is 6.54 Å². The first-order valence-electron chi connectivity index (χ1n) is 4.47. The van der Waals surface area contributed by atoms with Crippen molar-refractivity contribution in [3.05, 3.63) is 0 Å². The molecule has 2 aliphatic heterocycles. The van der Waals surface area contributed by atoms with Crippen molar-refractivity contribution in [2.24, 2.45) is 5.16 Å². The average Bonchev–Trinajstić information content (AvgIpc) is 2.74. The lowest BCUT2D eigenvalue weighted by Gasteiger charge is -2.18. The maximum absolute atomic E-state index is 10.7. The zero-order valence-corrected chi connectivity index (χ0v) is 7.77. The van der Waals surface area contributed by atoms with Crippen LogP contribution in [0.1, 0.15) is 12.8 Å². The first-order chi connectivity index (χ1) is 7.02. The molecular formula is C8H10N2O5. The summed E-state index contributed by atoms with van der Waals surface area (Å²) in [6.45, 7) is 0.310. The highest BCUT2D eigenvalue weighted by Crippen LogP contribution is 2.32. The van der Waals surface area contributed by atoms with Crippen LogP contribution in [-0.2, 0) is 14.4 Å². The van der Waals surface area contributed by atoms with Crippen LogP contribution in [0.2, 0.25) is 0 Å². The van der Waals surface area contributed by atoms with Gasteiger partial charge in [-0.15, -0.1) is 0 Å². The Hall–Kier alpha value is -1.63. The number of carboxylic acids is 2. The van der Waals surface area contributed by atoms with Gasteiger partial charge in [-0.05, 0) is 0 Å². The Kier molecular flexibility index (Phi) is 2.11. The van der Waals surface area contributed by atoms with Crippen molar-refractivity contribution >= 4 is 17.7 Å². The summed E-state index contributed by atoms with van der Waals surface area (Å²) in [5.74, 6) is -2.08. The fourth-order valence-corrected chi connectivity index (χ4v) is 1.84. The highest BCUT2D eigenvalue weighted by molar-refractivity contribution is 6.36. The van der Waals surface area contributed by atoms with Gasteiger partial charge in [0.25, 0.3) is 0 Å². The number of oxime groups is 1. The topological polar surface area (TPSA) is 108 Å². The lowest BCUT2D eigenvalue weighted by atomic mass is 9.94. The van der Waals surface area contributed by atoms with Gasteiger partial charge >= 0.3 is 11.9 Å². The van der Waals surface area contributed by atoms with Crippen LogP contribution in [0.15, 0.2) is 5.16 Å². The molecule has 2 atom stereocenters. The highest BCUT2D eigenvalue weighted by Gasteiger charge is 2.49. The Labute approximate surface area is 84.7 Å². The molecule has 7 heteroatoms. The molecule has 15 heavy (non-hydrogen) atoms. The Bertz CT molecular complexity index is 353. The SMILES string of the molecule is O=C(O)C1=NO[C@]2(CN[C@@H](C(=O)O)C2)C1. The van der Waals surface area contributed by atoms with Crippen LogP contribution in [0.5, 0.6) is 0 Å². The summed E-state index contributed by atoms with van der Waals surface area (Å²) in [4.78, 5) is 26.3. The van der Waals surface area contributed by atoms with Crippen LogP contribution in [-0.4, -0.2) is 46.1 Å². The molecular weight excluding hydrogens is 204 g/mol. The molecule has 0 aliphatic carbocycles. The van der Waals surface area contributed by atoms with Gasteiger partial charge in [0.2, 0.25) is 0 Å². The minimum Gasteiger partial charge on any atom is -0.480 e. The van der Waals surface area contributed by atoms with Crippen molar-refractivity contribution in [2.45, 2.75) is 24.5 Å². The Balaban J connectivity index is 2.03. The number of carbonyl (C=O) groups is 2. The quantitative estimate of drug-likeness (QED) is 0.546. The zero-order valence-electron chi connectivity index (χ0n) is 7.77. The predicted molar refractivity (Wildman–Crippen MR) is 47.5 cm³/mol. The zero-order chi connectivity index (χ0) is 11.1. The van der Waals surface area contributed by atoms with Crippen LogP contribution >= 0.6 is 0 Å². The fourth-order valence-electron chi connectivity index (χ4n) is 1.84. The number of aliphatic carboxylic acids is 2. The van der Waals surface area contributed by atoms with E-state index in [0.29, 0.717) is 6.54 Å². The van der Waals surface area contributed by atoms with E-state index in [1.807, 2.05) is 0 Å². The normalized spacial score (nSPS) is 33.9. The molecule has 0 unspecified atom stereocenters. The van der Waals surface area contributed by atoms with Crippen molar-refractivity contribution in [3.8, 4) is 0 Å². The van der Waals surface area contributed by atoms with E-state index in [9.17, 15) is 9.59 Å². The third-order valence-corrected chi connectivity index (χ3v) is 2.63. The minimum absolute atomic E-state index is 0.0529. The highest BCUT2D eigenvalue weighted by atomic mass is 16.7. The summed E-state index contributed by atoms with van der Waals surface area (Å²) < 4.78 is 0. The Morgan fingerprint density at radius 2 is 2.27 bits per heavy atom. The number of hydrogen-bond acceptors (Lipinski definition) is 5. The van der Waals surface area contributed by atoms with Gasteiger partial charge in [0.15, 0.2) is 11.3 Å². The molecule has 0 bridgehead atoms. The number of hydrogen-bond donors (Lipinski definition) is 3. The average molecular weight is 214 g/mol. The van der Waals surface area contributed by atoms with E-state index in [0.717, 1.165) is 0 Å². The summed E-state index contributed by atoms with van der Waals surface area (Å²) in [7, 11) is 0. The van der Waals surface area contributed by atoms with Crippen LogP contribution in [0.4, 0.5) is 0 Å². The van der Waals surface area contributed by atoms with Gasteiger partial charge in [-0.1, -0.05) is 5.16 Å². The van der Waals surface area contributed by atoms with E-state index in [2.05, 4.69) is 10.5 Å². The van der Waals surface area contributed by atoms with Crippen molar-refractivity contribution in [1.82, 2.24) is 5.32 Å². The standard InChI is InChI=1S/C8H10N2O5/c11-6(12)4-1-8(3-9-4)2-5(7(13)14)10-15-8/h4,9H,1-3H2,(H,11,12)(H,13,14)/t4-,8+/m1/s1. The third kappa shape index (κ3) is 1.65. The summed E-state index contributed by atoms with van der Waals surface area (Å²) >= 11 is 0. The summed E-state index contributed by atoms with van der Waals surface area (Å²) in [5.41, 5.74) is -0.834. The van der Waals surface area contributed by atoms with Gasteiger partial charge in [0.05, 0.1) is 0 Å². The molecule has 0 saturated carbocycles. The van der Waals surface area contributed by atoms with E-state index >= 15 is 0 Å². The number of rotatable bonds is 2. The molecule has 1 fully saturated rings. The third-order valence-electron chi connectivity index (χ3n) is 2.63. The molecule has 0 aromatic heterocycles. The molecule has 0 aromatic rings. The molecule has 0 amide bonds. The first-order valence-corrected chi connectivity index (χ1v) is 4.47. The molecule has 2 aliphatic rings. The monoisotopic (exact) mass is 214 g/mol. The largest absolute Gasteiger partial charge is 0.480 e. The maximum Gasteiger partial charge on any atom is 0.353 e. The van der Waals surface area contributed by atoms with Crippen molar-refractivity contribution < 1.29 is 24.6 Å². The fraction of sp³-hybridized carbons (Fsp3) is 0.625. The predicted octanol–water partition coefficient (Wildman–Crippen LogP) is -0.967. The Morgan fingerprint density at radius 3 is 2.73 bits per heavy atom. The van der Waals surface area contributed by atoms with Crippen LogP contribution in [0, 0.1) is 0 Å². The van der Waals surface area contributed by atoms with E-state index in [4.69, 9.17) is 15.1 Å². The molecule has 0 radical (unpaired) electrons. The number of nitrogens with zero attached hydrogens (tertiary/aromatic N) is 1. The molecule has 1 spiro atoms. The van der Waals surface area contributed by atoms with Gasteiger partial charge in [-0.25, -0.2) is 4.79 Å². The second-order valence-electron chi connectivity index (χ2n) is 3.77. The van der Waals surface area contributed by atoms with Gasteiger partial charge in [0.1, 0.15) is 6.04 Å². The van der Waals surface area contributed by atoms with Gasteiger partial charge in [-0.2, -0.15) is 0 Å². The molecule has 2 heterocycles. The van der Waals surface area contributed by atoms with Crippen molar-refractivity contribution in [1.29, 1.82) is 0 Å². The van der Waals surface area contributed by atoms with Gasteiger partial charge in [-0.3, -0.25) is 4.79 Å². The Morgan fingerprint density at radius 1 is 1.53 bits per heavy atom. The van der Waals surface area contributed by atoms with Crippen LogP contribution < -0.4 is 5.32 Å². The van der Waals surface area contributed by atoms with E-state index in [-0.39, 0.29) is 18.6 Å². The van der Waals surface area contributed by atoms with Crippen LogP contribution in [0.3, 0.4) is 0 Å². The second-order valence-corrected chi connectivity index (χ2v) is 3.77. The molecule has 0 aromatic carbocycles. The summed E-state index contributed by atoms with van der Waals surface area (Å²) in [6, 6.07) is -0.687. The first kappa shape index (κ1) is 9.91. The maximum atomic E-state index is 10.7. The molecule has 1 saturated heterocycles. The van der Waals surface area contributed by atoms with E-state index in [1.165, 1.54) is 0 Å².